The average molecular weight is 459 g/mol. The lowest BCUT2D eigenvalue weighted by Crippen LogP contribution is -2.30. The van der Waals surface area contributed by atoms with Crippen LogP contribution in [0.1, 0.15) is 80.1 Å². The Hall–Kier alpha value is -3.27. The Kier molecular flexibility index (Phi) is 5.97. The van der Waals surface area contributed by atoms with E-state index in [2.05, 4.69) is 41.5 Å². The molecular weight excluding hydrogens is 424 g/mol. The van der Waals surface area contributed by atoms with Crippen LogP contribution in [0.3, 0.4) is 0 Å². The lowest BCUT2D eigenvalue weighted by molar-refractivity contribution is 0.0806. The minimum Gasteiger partial charge on any atom is -0.507 e. The van der Waals surface area contributed by atoms with Gasteiger partial charge in [0.25, 0.3) is 0 Å². The molecule has 1 aliphatic heterocycles. The van der Waals surface area contributed by atoms with Gasteiger partial charge in [-0.05, 0) is 45.7 Å². The van der Waals surface area contributed by atoms with Gasteiger partial charge in [0, 0.05) is 11.1 Å². The average Bonchev–Trinajstić information content (AvgIpc) is 3.17. The van der Waals surface area contributed by atoms with Gasteiger partial charge in [-0.25, -0.2) is 0 Å². The molecule has 0 saturated heterocycles. The first-order chi connectivity index (χ1) is 15.9. The number of phenolic OH excluding ortho intramolecular Hbond substituents is 1. The maximum atomic E-state index is 13.8. The number of benzene rings is 3. The molecule has 1 N–H and O–H groups in total. The number of carbonyl (C=O) groups excluding carboxylic acids is 1. The van der Waals surface area contributed by atoms with Crippen molar-refractivity contribution in [2.24, 2.45) is 0 Å². The van der Waals surface area contributed by atoms with Crippen molar-refractivity contribution < 1.29 is 19.4 Å². The van der Waals surface area contributed by atoms with Gasteiger partial charge in [0.15, 0.2) is 6.10 Å². The van der Waals surface area contributed by atoms with E-state index in [9.17, 15) is 9.90 Å². The highest BCUT2D eigenvalue weighted by atomic mass is 16.5. The van der Waals surface area contributed by atoms with Gasteiger partial charge in [0.1, 0.15) is 17.2 Å². The Balaban J connectivity index is 1.91. The van der Waals surface area contributed by atoms with E-state index in [4.69, 9.17) is 9.47 Å². The summed E-state index contributed by atoms with van der Waals surface area (Å²) in [6.45, 7) is 12.6. The molecule has 0 spiro atoms. The van der Waals surface area contributed by atoms with Gasteiger partial charge in [-0.2, -0.15) is 0 Å². The predicted octanol–water partition coefficient (Wildman–Crippen LogP) is 6.77. The van der Waals surface area contributed by atoms with Crippen LogP contribution in [0.4, 0.5) is 0 Å². The first-order valence-corrected chi connectivity index (χ1v) is 11.7. The summed E-state index contributed by atoms with van der Waals surface area (Å²) in [5.74, 6) is 1.29. The van der Waals surface area contributed by atoms with E-state index in [1.54, 1.807) is 19.2 Å². The van der Waals surface area contributed by atoms with E-state index in [-0.39, 0.29) is 22.5 Å². The standard InChI is InChI=1S/C30H34O4/c1-29(2,3)22-16-19(17-23(27(22)32)30(4,5)6)25-21-13-8-9-14-24(21)34-28(25)26(31)18-11-10-12-20(15-18)33-7/h8-17,25,28,32H,1-7H3/t25-,28-/m0/s1. The molecule has 0 radical (unpaired) electrons. The molecule has 0 fully saturated rings. The molecule has 0 aliphatic carbocycles. The molecular formula is C30H34O4. The molecule has 3 aromatic rings. The van der Waals surface area contributed by atoms with E-state index in [0.717, 1.165) is 28.0 Å². The Morgan fingerprint density at radius 3 is 2.09 bits per heavy atom. The van der Waals surface area contributed by atoms with Crippen molar-refractivity contribution in [1.29, 1.82) is 0 Å². The SMILES string of the molecule is COc1cccc(C(=O)[C@H]2Oc3ccccc3[C@@H]2c2cc(C(C)(C)C)c(O)c(C(C)(C)C)c2)c1. The molecule has 4 nitrogen and oxygen atoms in total. The monoisotopic (exact) mass is 458 g/mol. The van der Waals surface area contributed by atoms with Gasteiger partial charge in [-0.15, -0.1) is 0 Å². The smallest absolute Gasteiger partial charge is 0.204 e. The summed E-state index contributed by atoms with van der Waals surface area (Å²) in [4.78, 5) is 13.8. The number of hydrogen-bond donors (Lipinski definition) is 1. The second-order valence-electron chi connectivity index (χ2n) is 11.1. The maximum Gasteiger partial charge on any atom is 0.204 e. The number of aromatic hydroxyl groups is 1. The number of para-hydroxylation sites is 1. The van der Waals surface area contributed by atoms with Gasteiger partial charge < -0.3 is 14.6 Å². The van der Waals surface area contributed by atoms with Crippen molar-refractivity contribution in [3.8, 4) is 17.2 Å². The molecule has 3 aromatic carbocycles. The van der Waals surface area contributed by atoms with Crippen LogP contribution in [-0.4, -0.2) is 24.1 Å². The molecule has 0 bridgehead atoms. The highest BCUT2D eigenvalue weighted by Gasteiger charge is 2.42. The number of carbonyl (C=O) groups is 1. The Morgan fingerprint density at radius 2 is 1.50 bits per heavy atom. The number of Topliss-reactive ketones (excluding diaryl/α,β-unsaturated/α-hetero) is 1. The van der Waals surface area contributed by atoms with Crippen molar-refractivity contribution in [3.63, 3.8) is 0 Å². The summed E-state index contributed by atoms with van der Waals surface area (Å²) >= 11 is 0. The van der Waals surface area contributed by atoms with Crippen LogP contribution in [0.15, 0.2) is 60.7 Å². The number of methoxy groups -OCH3 is 1. The fourth-order valence-corrected chi connectivity index (χ4v) is 4.69. The topological polar surface area (TPSA) is 55.8 Å². The fourth-order valence-electron chi connectivity index (χ4n) is 4.69. The van der Waals surface area contributed by atoms with Crippen LogP contribution >= 0.6 is 0 Å². The van der Waals surface area contributed by atoms with Crippen LogP contribution in [0.2, 0.25) is 0 Å². The van der Waals surface area contributed by atoms with E-state index in [1.807, 2.05) is 48.5 Å². The number of fused-ring (bicyclic) bond motifs is 1. The van der Waals surface area contributed by atoms with Gasteiger partial charge in [-0.1, -0.05) is 84.0 Å². The molecule has 0 amide bonds. The van der Waals surface area contributed by atoms with E-state index in [0.29, 0.717) is 17.1 Å². The molecule has 34 heavy (non-hydrogen) atoms. The lowest BCUT2D eigenvalue weighted by atomic mass is 9.75. The van der Waals surface area contributed by atoms with Crippen molar-refractivity contribution in [1.82, 2.24) is 0 Å². The number of ketones is 1. The number of hydrogen-bond acceptors (Lipinski definition) is 4. The van der Waals surface area contributed by atoms with Crippen molar-refractivity contribution in [2.45, 2.75) is 64.4 Å². The number of ether oxygens (including phenoxy) is 2. The lowest BCUT2D eigenvalue weighted by Gasteiger charge is -2.30. The molecule has 0 aromatic heterocycles. The molecule has 0 saturated carbocycles. The molecule has 4 rings (SSSR count). The zero-order chi connectivity index (χ0) is 24.8. The van der Waals surface area contributed by atoms with E-state index in [1.165, 1.54) is 0 Å². The minimum absolute atomic E-state index is 0.0946. The van der Waals surface area contributed by atoms with Crippen molar-refractivity contribution >= 4 is 5.78 Å². The molecule has 0 unspecified atom stereocenters. The van der Waals surface area contributed by atoms with Gasteiger partial charge >= 0.3 is 0 Å². The summed E-state index contributed by atoms with van der Waals surface area (Å²) in [6.07, 6.45) is -0.713. The third-order valence-corrected chi connectivity index (χ3v) is 6.53. The summed E-state index contributed by atoms with van der Waals surface area (Å²) in [7, 11) is 1.59. The zero-order valence-electron chi connectivity index (χ0n) is 21.1. The minimum atomic E-state index is -0.713. The summed E-state index contributed by atoms with van der Waals surface area (Å²) in [5, 5.41) is 11.2. The molecule has 1 aliphatic rings. The quantitative estimate of drug-likeness (QED) is 0.438. The highest BCUT2D eigenvalue weighted by molar-refractivity contribution is 6.01. The number of phenols is 1. The van der Waals surface area contributed by atoms with Crippen LogP contribution in [0.5, 0.6) is 17.2 Å². The molecule has 178 valence electrons. The first-order valence-electron chi connectivity index (χ1n) is 11.7. The van der Waals surface area contributed by atoms with Crippen molar-refractivity contribution in [3.05, 3.63) is 88.5 Å². The summed E-state index contributed by atoms with van der Waals surface area (Å²) < 4.78 is 11.6. The molecule has 4 heteroatoms. The third-order valence-electron chi connectivity index (χ3n) is 6.53. The molecule has 2 atom stereocenters. The zero-order valence-corrected chi connectivity index (χ0v) is 21.1. The normalized spacial score (nSPS) is 17.7. The maximum absolute atomic E-state index is 13.8. The van der Waals surface area contributed by atoms with Crippen molar-refractivity contribution in [2.75, 3.05) is 7.11 Å². The Bertz CT molecular complexity index is 1190. The largest absolute Gasteiger partial charge is 0.507 e. The van der Waals surface area contributed by atoms with Crippen LogP contribution in [-0.2, 0) is 10.8 Å². The summed E-state index contributed by atoms with van der Waals surface area (Å²) in [6, 6.07) is 19.1. The van der Waals surface area contributed by atoms with E-state index >= 15 is 0 Å². The Morgan fingerprint density at radius 1 is 0.882 bits per heavy atom. The van der Waals surface area contributed by atoms with E-state index < -0.39 is 6.10 Å². The van der Waals surface area contributed by atoms with Crippen LogP contribution < -0.4 is 9.47 Å². The second kappa shape index (κ2) is 8.50. The van der Waals surface area contributed by atoms with Gasteiger partial charge in [-0.3, -0.25) is 4.79 Å². The third kappa shape index (κ3) is 4.29. The van der Waals surface area contributed by atoms with Gasteiger partial charge in [0.2, 0.25) is 5.78 Å². The highest BCUT2D eigenvalue weighted by Crippen LogP contribution is 2.47. The first kappa shape index (κ1) is 23.9. The van der Waals surface area contributed by atoms with Gasteiger partial charge in [0.05, 0.1) is 13.0 Å². The summed E-state index contributed by atoms with van der Waals surface area (Å²) in [5.41, 5.74) is 3.69. The van der Waals surface area contributed by atoms with Crippen LogP contribution in [0, 0.1) is 0 Å². The Labute approximate surface area is 202 Å². The number of rotatable bonds is 4. The predicted molar refractivity (Wildman–Crippen MR) is 136 cm³/mol. The molecule has 1 heterocycles. The fraction of sp³-hybridized carbons (Fsp3) is 0.367. The van der Waals surface area contributed by atoms with Crippen LogP contribution in [0.25, 0.3) is 0 Å². The second-order valence-corrected chi connectivity index (χ2v) is 11.1.